The molecule has 0 aliphatic carbocycles. The smallest absolute Gasteiger partial charge is 0.410 e. The van der Waals surface area contributed by atoms with E-state index in [9.17, 15) is 24.0 Å². The number of carbonyl (C=O) groups excluding carboxylic acids is 5. The lowest BCUT2D eigenvalue weighted by Crippen LogP contribution is -2.36. The Balaban J connectivity index is 0.000000306. The zero-order valence-corrected chi connectivity index (χ0v) is 84.7. The van der Waals surface area contributed by atoms with Crippen molar-refractivity contribution in [3.63, 3.8) is 0 Å². The number of halogens is 2. The van der Waals surface area contributed by atoms with E-state index in [0.29, 0.717) is 83.1 Å². The number of thiophene rings is 2. The highest BCUT2D eigenvalue weighted by Gasteiger charge is 2.30. The van der Waals surface area contributed by atoms with E-state index in [0.717, 1.165) is 127 Å². The van der Waals surface area contributed by atoms with Gasteiger partial charge in [-0.05, 0) is 313 Å². The van der Waals surface area contributed by atoms with Crippen molar-refractivity contribution in [1.82, 2.24) is 60.7 Å². The quantitative estimate of drug-likeness (QED) is 0.0401. The van der Waals surface area contributed by atoms with E-state index in [-0.39, 0.29) is 55.6 Å². The molecule has 8 aromatic heterocycles. The van der Waals surface area contributed by atoms with Crippen molar-refractivity contribution in [2.24, 2.45) is 0 Å². The van der Waals surface area contributed by atoms with Crippen LogP contribution >= 0.6 is 92.9 Å². The number of anilines is 5. The molecule has 0 radical (unpaired) electrons. The molecule has 9 N–H and O–H groups in total. The van der Waals surface area contributed by atoms with Crippen molar-refractivity contribution in [3.8, 4) is 266 Å². The third-order valence-corrected chi connectivity index (χ3v) is 22.8. The monoisotopic (exact) mass is 2050 g/mol. The number of aromatic nitrogens is 9. The van der Waals surface area contributed by atoms with E-state index in [1.807, 2.05) is 139 Å². The molecule has 3 aliphatic heterocycles. The number of nitrogens with one attached hydrogen (secondary N) is 5. The number of benzene rings is 3. The summed E-state index contributed by atoms with van der Waals surface area (Å²) >= 11 is 17.0. The van der Waals surface area contributed by atoms with Gasteiger partial charge in [-0.25, -0.2) is 19.6 Å². The van der Waals surface area contributed by atoms with Gasteiger partial charge in [0.25, 0.3) is 11.8 Å². The lowest BCUT2D eigenvalue weighted by atomic mass is 10.1. The minimum absolute atomic E-state index is 0. The second-order valence-electron chi connectivity index (χ2n) is 29.8. The molecule has 3 aromatic carbocycles. The number of rotatable bonds is 9. The normalized spacial score (nSPS) is 10.5. The van der Waals surface area contributed by atoms with Gasteiger partial charge in [0.05, 0.1) is 30.0 Å². The number of aryl methyl sites for hydroxylation is 3. The fourth-order valence-electron chi connectivity index (χ4n) is 11.6. The second-order valence-corrected chi connectivity index (χ2v) is 35.4. The summed E-state index contributed by atoms with van der Waals surface area (Å²) in [5, 5.41) is 50.1. The molecule has 5 amide bonds. The number of H-pyrrole nitrogens is 1. The number of alkyl halides is 1. The first kappa shape index (κ1) is 117. The van der Waals surface area contributed by atoms with Crippen LogP contribution in [-0.4, -0.2) is 122 Å². The van der Waals surface area contributed by atoms with Crippen molar-refractivity contribution in [3.05, 3.63) is 163 Å². The summed E-state index contributed by atoms with van der Waals surface area (Å²) in [6, 6.07) is 36.9. The SMILES string of the molecule is C.C#CC.C#CC#CC#CC#CC#C.C#CC#CC#CC#CC#CC#CC.C#CC#CC#CC#CC#CC#CC#C.CC(C)(C)OC(=O)N1CCCc2[nH]c(=S)c(C#N)cc2C1.CC(C)(C)OC(=O)N1CCCc2nc3sc(C(=O)Nc4nnc(-c5ccccc5)s4)c(N)c3cc2C1.Cl.Nc1c(C(=O)Nc2nnc(-c3ccccc3)s2)sc2nc3c(cc12)CNCCC3.O=C(CCl)Nc1nnc(-c2ccccc2)s1. The zero-order valence-electron chi connectivity index (χ0n) is 78.2. The van der Waals surface area contributed by atoms with Crippen LogP contribution in [-0.2, 0) is 53.2 Å². The summed E-state index contributed by atoms with van der Waals surface area (Å²) in [6.07, 6.45) is 33.3. The van der Waals surface area contributed by atoms with Crippen LogP contribution in [0.5, 0.6) is 0 Å². The van der Waals surface area contributed by atoms with E-state index in [1.54, 1.807) is 29.7 Å². The Morgan fingerprint density at radius 3 is 1.18 bits per heavy atom. The molecule has 0 spiro atoms. The number of ether oxygens (including phenoxy) is 2. The van der Waals surface area contributed by atoms with Gasteiger partial charge < -0.3 is 41.0 Å². The van der Waals surface area contributed by atoms with Gasteiger partial charge in [-0.1, -0.05) is 151 Å². The summed E-state index contributed by atoms with van der Waals surface area (Å²) in [7, 11) is 0. The van der Waals surface area contributed by atoms with Gasteiger partial charge in [0.1, 0.15) is 62.2 Å². The molecular formula is C111H88Cl2N18O7S6. The first-order valence-electron chi connectivity index (χ1n) is 42.1. The Labute approximate surface area is 876 Å². The molecule has 0 bridgehead atoms. The van der Waals surface area contributed by atoms with Gasteiger partial charge in [-0.3, -0.25) is 30.3 Å². The number of hydrogen-bond donors (Lipinski definition) is 7. The van der Waals surface area contributed by atoms with Gasteiger partial charge in [0.2, 0.25) is 21.3 Å². The Kier molecular flexibility index (Phi) is 51.5. The number of hydrogen-bond acceptors (Lipinski definition) is 25. The van der Waals surface area contributed by atoms with E-state index < -0.39 is 11.2 Å². The molecule has 0 saturated carbocycles. The fourth-order valence-corrected chi connectivity index (χ4v) is 16.1. The number of nitrogens with zero attached hydrogens (tertiary/aromatic N) is 11. The molecule has 714 valence electrons. The van der Waals surface area contributed by atoms with Crippen LogP contribution in [0, 0.1) is 244 Å². The predicted molar refractivity (Wildman–Crippen MR) is 585 cm³/mol. The average Bonchev–Trinajstić information content (AvgIpc) is 1.63. The molecule has 14 rings (SSSR count). The number of carbonyl (C=O) groups is 5. The van der Waals surface area contributed by atoms with E-state index >= 15 is 0 Å². The van der Waals surface area contributed by atoms with Crippen LogP contribution in [0.4, 0.5) is 36.4 Å². The molecule has 11 aromatic rings. The minimum atomic E-state index is -0.566. The highest BCUT2D eigenvalue weighted by atomic mass is 35.5. The highest BCUT2D eigenvalue weighted by Crippen LogP contribution is 2.39. The molecule has 0 saturated heterocycles. The maximum absolute atomic E-state index is 13.1. The number of nitriles is 1. The summed E-state index contributed by atoms with van der Waals surface area (Å²) < 4.78 is 11.4. The van der Waals surface area contributed by atoms with Crippen molar-refractivity contribution in [2.75, 3.05) is 52.9 Å². The van der Waals surface area contributed by atoms with Crippen molar-refractivity contribution < 1.29 is 33.4 Å². The van der Waals surface area contributed by atoms with E-state index in [2.05, 4.69) is 265 Å². The number of fused-ring (bicyclic) bond motifs is 5. The molecule has 11 heterocycles. The minimum Gasteiger partial charge on any atom is -0.444 e. The summed E-state index contributed by atoms with van der Waals surface area (Å²) in [5.74, 6) is 74.9. The molecule has 144 heavy (non-hydrogen) atoms. The van der Waals surface area contributed by atoms with Crippen molar-refractivity contribution in [1.29, 1.82) is 5.26 Å². The summed E-state index contributed by atoms with van der Waals surface area (Å²) in [5.41, 5.74) is 21.8. The van der Waals surface area contributed by atoms with Crippen LogP contribution < -0.4 is 32.7 Å². The first-order chi connectivity index (χ1) is 68.6. The molecule has 0 unspecified atom stereocenters. The van der Waals surface area contributed by atoms with Crippen molar-refractivity contribution >= 4 is 170 Å². The lowest BCUT2D eigenvalue weighted by molar-refractivity contribution is -0.114. The lowest BCUT2D eigenvalue weighted by Gasteiger charge is -2.26. The second kappa shape index (κ2) is 63.6. The molecular weight excluding hydrogens is 1960 g/mol. The third kappa shape index (κ3) is 40.7. The Bertz CT molecular complexity index is 7720. The number of amides is 5. The van der Waals surface area contributed by atoms with Crippen LogP contribution in [0.1, 0.15) is 141 Å². The number of nitrogens with two attached hydrogens (primary N) is 2. The molecule has 33 heteroatoms. The van der Waals surface area contributed by atoms with Gasteiger partial charge >= 0.3 is 12.2 Å². The maximum atomic E-state index is 13.1. The summed E-state index contributed by atoms with van der Waals surface area (Å²) in [6.45, 7) is 18.3. The molecule has 0 fully saturated rings. The van der Waals surface area contributed by atoms with E-state index in [1.165, 1.54) is 56.7 Å². The first-order valence-corrected chi connectivity index (χ1v) is 47.1. The topological polar surface area (TPSA) is 353 Å². The maximum Gasteiger partial charge on any atom is 0.410 e. The molecule has 0 atom stereocenters. The van der Waals surface area contributed by atoms with Gasteiger partial charge in [0, 0.05) is 64.2 Å². The van der Waals surface area contributed by atoms with Crippen LogP contribution in [0.25, 0.3) is 52.1 Å². The Morgan fingerprint density at radius 2 is 0.819 bits per heavy atom. The average molecular weight is 2050 g/mol. The standard InChI is InChI=1S/C25H26N6O3S2.C20H18N6OS2.C15H19N3O2S.C14H2.C13H4.C10H8ClN3OS.C10H2.C3H4.CH4.ClH/c1-25(2,3)34-24(33)31-11-7-10-17-15(13-31)12-16-18(26)19(35-22(16)27-17)20(32)28-23-30-29-21(36-23)14-8-5-4-6-9-14;21-15-13-9-12-10-22-8-4-7-14(12)23-19(13)28-16(15)17(27)24-20-26-25-18(29-20)11-5-2-1-3-6-11;1-15(2,3)20-14(19)18-6-4-5-12-11(9-18)7-10(8-16)13(21)17-12;1-3-5-7-9-11-13-14-12-10-8-6-4-2;1-3-5-7-9-11-13-12-10-8-6-4-2;11-6-8(15)12-10-14-13-9(16-10)7-4-2-1-3-5-7;1-3-5-7-9-10-8-6-4-2;1-3-2;;/h4-6,8-9,12H,7,10-11,13,26H2,1-3H3,(H,28,30,32);1-3,5-6,9,22H,4,7-8,10,21H2,(H,24,26,27);7H,4-6,9H2,1-3H3,(H,17,21);1-2H;1H,2H3;1-5H,6H2,(H,12,14,15);1-2H;1H,2H3;1H4;1H. The van der Waals surface area contributed by atoms with Gasteiger partial charge in [-0.15, -0.1) is 122 Å². The number of terminal acetylenes is 6. The van der Waals surface area contributed by atoms with E-state index in [4.69, 9.17) is 92.1 Å². The van der Waals surface area contributed by atoms with Crippen LogP contribution in [0.3, 0.4) is 0 Å². The predicted octanol–water partition coefficient (Wildman–Crippen LogP) is 17.6. The zero-order chi connectivity index (χ0) is 103. The van der Waals surface area contributed by atoms with Gasteiger partial charge in [-0.2, -0.15) is 5.26 Å². The Morgan fingerprint density at radius 1 is 0.479 bits per heavy atom. The fraction of sp³-hybridized carbons (Fsp3) is 0.216. The highest BCUT2D eigenvalue weighted by molar-refractivity contribution is 7.71. The number of nitrogen functional groups attached to an aromatic ring is 2. The van der Waals surface area contributed by atoms with Crippen molar-refractivity contribution in [2.45, 2.75) is 132 Å². The number of pyridine rings is 3. The van der Waals surface area contributed by atoms with Crippen LogP contribution in [0.2, 0.25) is 0 Å². The number of aromatic amines is 1. The van der Waals surface area contributed by atoms with Gasteiger partial charge in [0.15, 0.2) is 0 Å². The summed E-state index contributed by atoms with van der Waals surface area (Å²) in [4.78, 5) is 80.2. The largest absolute Gasteiger partial charge is 0.444 e. The molecule has 25 nitrogen and oxygen atoms in total. The third-order valence-electron chi connectivity index (χ3n) is 17.3. The molecule has 3 aliphatic rings. The Hall–Kier alpha value is -17.8. The van der Waals surface area contributed by atoms with Crippen LogP contribution in [0.15, 0.2) is 109 Å².